The molecular weight excluding hydrogens is 154 g/mol. The van der Waals surface area contributed by atoms with Gasteiger partial charge in [0.2, 0.25) is 0 Å². The summed E-state index contributed by atoms with van der Waals surface area (Å²) in [4.78, 5) is 11.5. The van der Waals surface area contributed by atoms with E-state index in [2.05, 4.69) is 5.32 Å². The zero-order chi connectivity index (χ0) is 8.60. The predicted molar refractivity (Wildman–Crippen MR) is 44.7 cm³/mol. The third-order valence-corrected chi connectivity index (χ3v) is 3.16. The molecule has 1 aliphatic heterocycles. The van der Waals surface area contributed by atoms with Gasteiger partial charge in [0.15, 0.2) is 0 Å². The van der Waals surface area contributed by atoms with Crippen LogP contribution >= 0.6 is 0 Å². The minimum Gasteiger partial charge on any atom is -0.465 e. The van der Waals surface area contributed by atoms with Crippen LogP contribution in [-0.2, 0) is 9.53 Å². The third-order valence-electron chi connectivity index (χ3n) is 3.16. The summed E-state index contributed by atoms with van der Waals surface area (Å²) < 4.78 is 5.05. The first-order valence-electron chi connectivity index (χ1n) is 4.72. The van der Waals surface area contributed by atoms with Gasteiger partial charge in [-0.15, -0.1) is 0 Å². The van der Waals surface area contributed by atoms with E-state index < -0.39 is 0 Å². The molecule has 0 aromatic carbocycles. The number of esters is 1. The average molecular weight is 169 g/mol. The molecule has 2 fully saturated rings. The lowest BCUT2D eigenvalue weighted by Gasteiger charge is -2.42. The van der Waals surface area contributed by atoms with Gasteiger partial charge >= 0.3 is 5.97 Å². The number of hydrogen-bond acceptors (Lipinski definition) is 3. The molecule has 68 valence electrons. The zero-order valence-electron chi connectivity index (χ0n) is 7.43. The first-order valence-corrected chi connectivity index (χ1v) is 4.72. The molecule has 12 heavy (non-hydrogen) atoms. The fourth-order valence-electron chi connectivity index (χ4n) is 2.33. The SMILES string of the molecule is CCOC(=O)[C@]12CC[C@H]1CCN2. The largest absolute Gasteiger partial charge is 0.465 e. The zero-order valence-corrected chi connectivity index (χ0v) is 7.43. The van der Waals surface area contributed by atoms with Crippen molar-refractivity contribution < 1.29 is 9.53 Å². The van der Waals surface area contributed by atoms with Gasteiger partial charge in [0.1, 0.15) is 5.54 Å². The van der Waals surface area contributed by atoms with Crippen LogP contribution in [0.25, 0.3) is 0 Å². The van der Waals surface area contributed by atoms with Gasteiger partial charge in [0.05, 0.1) is 6.61 Å². The molecule has 1 heterocycles. The standard InChI is InChI=1S/C9H15NO2/c1-2-12-8(11)9-5-3-7(9)4-6-10-9/h7,10H,2-6H2,1H3/t7-,9-/m0/s1. The highest BCUT2D eigenvalue weighted by Crippen LogP contribution is 2.45. The molecule has 3 nitrogen and oxygen atoms in total. The Balaban J connectivity index is 2.05. The van der Waals surface area contributed by atoms with E-state index in [4.69, 9.17) is 4.74 Å². The van der Waals surface area contributed by atoms with Gasteiger partial charge in [-0.25, -0.2) is 0 Å². The van der Waals surface area contributed by atoms with Crippen molar-refractivity contribution in [1.29, 1.82) is 0 Å². The van der Waals surface area contributed by atoms with Crippen LogP contribution in [0.3, 0.4) is 0 Å². The summed E-state index contributed by atoms with van der Waals surface area (Å²) in [5.41, 5.74) is -0.268. The number of hydrogen-bond donors (Lipinski definition) is 1. The van der Waals surface area contributed by atoms with Crippen LogP contribution in [0.1, 0.15) is 26.2 Å². The summed E-state index contributed by atoms with van der Waals surface area (Å²) in [6, 6.07) is 0. The molecule has 0 aromatic heterocycles. The third kappa shape index (κ3) is 0.891. The van der Waals surface area contributed by atoms with Gasteiger partial charge in [0.25, 0.3) is 0 Å². The number of carbonyl (C=O) groups excluding carboxylic acids is 1. The van der Waals surface area contributed by atoms with Gasteiger partial charge < -0.3 is 10.1 Å². The van der Waals surface area contributed by atoms with E-state index in [9.17, 15) is 4.79 Å². The van der Waals surface area contributed by atoms with Gasteiger partial charge in [-0.1, -0.05) is 0 Å². The van der Waals surface area contributed by atoms with Crippen molar-refractivity contribution >= 4 is 5.97 Å². The van der Waals surface area contributed by atoms with Crippen LogP contribution < -0.4 is 5.32 Å². The smallest absolute Gasteiger partial charge is 0.326 e. The van der Waals surface area contributed by atoms with Crippen LogP contribution in [-0.4, -0.2) is 24.7 Å². The Labute approximate surface area is 72.5 Å². The van der Waals surface area contributed by atoms with E-state index in [0.717, 1.165) is 19.4 Å². The van der Waals surface area contributed by atoms with E-state index in [1.807, 2.05) is 6.92 Å². The van der Waals surface area contributed by atoms with Crippen molar-refractivity contribution in [3.8, 4) is 0 Å². The summed E-state index contributed by atoms with van der Waals surface area (Å²) >= 11 is 0. The second-order valence-corrected chi connectivity index (χ2v) is 3.64. The molecule has 1 aliphatic carbocycles. The molecule has 2 rings (SSSR count). The highest BCUT2D eigenvalue weighted by Gasteiger charge is 2.56. The number of nitrogens with one attached hydrogen (secondary N) is 1. The lowest BCUT2D eigenvalue weighted by Crippen LogP contribution is -2.59. The Hall–Kier alpha value is -0.570. The lowest BCUT2D eigenvalue weighted by molar-refractivity contribution is -0.157. The van der Waals surface area contributed by atoms with Gasteiger partial charge in [-0.2, -0.15) is 0 Å². The molecule has 1 saturated heterocycles. The maximum Gasteiger partial charge on any atom is 0.326 e. The predicted octanol–water partition coefficient (Wildman–Crippen LogP) is 0.692. The molecule has 0 aromatic rings. The Morgan fingerprint density at radius 2 is 2.50 bits per heavy atom. The monoisotopic (exact) mass is 169 g/mol. The average Bonchev–Trinajstić information content (AvgIpc) is 2.29. The number of fused-ring (bicyclic) bond motifs is 1. The van der Waals surface area contributed by atoms with Gasteiger partial charge in [-0.05, 0) is 38.6 Å². The lowest BCUT2D eigenvalue weighted by atomic mass is 9.68. The van der Waals surface area contributed by atoms with Crippen molar-refractivity contribution in [3.63, 3.8) is 0 Å². The number of rotatable bonds is 2. The van der Waals surface area contributed by atoms with Crippen LogP contribution in [0.15, 0.2) is 0 Å². The van der Waals surface area contributed by atoms with Crippen LogP contribution in [0.2, 0.25) is 0 Å². The second kappa shape index (κ2) is 2.73. The Kier molecular flexibility index (Phi) is 1.83. The summed E-state index contributed by atoms with van der Waals surface area (Å²) in [7, 11) is 0. The van der Waals surface area contributed by atoms with Crippen LogP contribution in [0.5, 0.6) is 0 Å². The molecule has 0 radical (unpaired) electrons. The summed E-state index contributed by atoms with van der Waals surface area (Å²) in [5.74, 6) is 0.523. The fourth-order valence-corrected chi connectivity index (χ4v) is 2.33. The Bertz CT molecular complexity index is 205. The molecule has 2 atom stereocenters. The molecule has 1 saturated carbocycles. The molecule has 0 spiro atoms. The normalized spacial score (nSPS) is 38.6. The maximum absolute atomic E-state index is 11.5. The van der Waals surface area contributed by atoms with Crippen LogP contribution in [0, 0.1) is 5.92 Å². The quantitative estimate of drug-likeness (QED) is 0.618. The molecule has 1 N–H and O–H groups in total. The molecule has 0 unspecified atom stereocenters. The summed E-state index contributed by atoms with van der Waals surface area (Å²) in [6.45, 7) is 3.33. The highest BCUT2D eigenvalue weighted by atomic mass is 16.5. The Morgan fingerprint density at radius 1 is 1.67 bits per heavy atom. The van der Waals surface area contributed by atoms with E-state index in [-0.39, 0.29) is 11.5 Å². The van der Waals surface area contributed by atoms with E-state index >= 15 is 0 Å². The van der Waals surface area contributed by atoms with Crippen LogP contribution in [0.4, 0.5) is 0 Å². The fraction of sp³-hybridized carbons (Fsp3) is 0.889. The van der Waals surface area contributed by atoms with E-state index in [0.29, 0.717) is 12.5 Å². The van der Waals surface area contributed by atoms with E-state index in [1.54, 1.807) is 0 Å². The minimum atomic E-state index is -0.268. The van der Waals surface area contributed by atoms with Crippen molar-refractivity contribution in [1.82, 2.24) is 5.32 Å². The van der Waals surface area contributed by atoms with Crippen molar-refractivity contribution in [2.75, 3.05) is 13.2 Å². The summed E-state index contributed by atoms with van der Waals surface area (Å²) in [5, 5.41) is 3.28. The molecule has 0 bridgehead atoms. The van der Waals surface area contributed by atoms with Crippen molar-refractivity contribution in [2.45, 2.75) is 31.7 Å². The highest BCUT2D eigenvalue weighted by molar-refractivity contribution is 5.83. The number of ether oxygens (including phenoxy) is 1. The van der Waals surface area contributed by atoms with Crippen molar-refractivity contribution in [3.05, 3.63) is 0 Å². The topological polar surface area (TPSA) is 38.3 Å². The second-order valence-electron chi connectivity index (χ2n) is 3.64. The minimum absolute atomic E-state index is 0.0289. The van der Waals surface area contributed by atoms with E-state index in [1.165, 1.54) is 6.42 Å². The number of carbonyl (C=O) groups is 1. The molecular formula is C9H15NO2. The first kappa shape index (κ1) is 8.05. The molecule has 2 aliphatic rings. The molecule has 0 amide bonds. The van der Waals surface area contributed by atoms with Crippen molar-refractivity contribution in [2.24, 2.45) is 5.92 Å². The van der Waals surface area contributed by atoms with Gasteiger partial charge in [0, 0.05) is 0 Å². The molecule has 3 heteroatoms. The summed E-state index contributed by atoms with van der Waals surface area (Å²) in [6.07, 6.45) is 3.29. The maximum atomic E-state index is 11.5. The van der Waals surface area contributed by atoms with Gasteiger partial charge in [-0.3, -0.25) is 4.79 Å². The first-order chi connectivity index (χ1) is 5.79. The Morgan fingerprint density at radius 3 is 3.00 bits per heavy atom.